The number of benzene rings is 2. The number of likely N-dealkylation sites (N-methyl/N-ethyl adjacent to an activating group) is 1. The second-order valence-electron chi connectivity index (χ2n) is 4.70. The lowest BCUT2D eigenvalue weighted by atomic mass is 10.1. The predicted molar refractivity (Wildman–Crippen MR) is 88.9 cm³/mol. The van der Waals surface area contributed by atoms with Gasteiger partial charge in [-0.15, -0.1) is 0 Å². The summed E-state index contributed by atoms with van der Waals surface area (Å²) in [7, 11) is 1.96. The number of halogens is 2. The van der Waals surface area contributed by atoms with Gasteiger partial charge in [0, 0.05) is 21.1 Å². The molecule has 0 unspecified atom stereocenters. The summed E-state index contributed by atoms with van der Waals surface area (Å²) in [5, 5.41) is 0. The van der Waals surface area contributed by atoms with E-state index in [9.17, 15) is 4.79 Å². The van der Waals surface area contributed by atoms with Gasteiger partial charge in [0.15, 0.2) is 5.78 Å². The van der Waals surface area contributed by atoms with Crippen molar-refractivity contribution < 1.29 is 4.79 Å². The Balaban J connectivity index is 1.98. The van der Waals surface area contributed by atoms with Gasteiger partial charge in [0.25, 0.3) is 0 Å². The summed E-state index contributed by atoms with van der Waals surface area (Å²) in [6, 6.07) is 15.7. The Morgan fingerprint density at radius 1 is 1.05 bits per heavy atom. The van der Waals surface area contributed by atoms with Crippen LogP contribution in [0.1, 0.15) is 15.9 Å². The second-order valence-corrected chi connectivity index (χ2v) is 6.47. The van der Waals surface area contributed by atoms with Gasteiger partial charge in [0.2, 0.25) is 0 Å². The topological polar surface area (TPSA) is 20.3 Å². The molecular formula is C16H15Br2NO. The van der Waals surface area contributed by atoms with E-state index < -0.39 is 0 Å². The summed E-state index contributed by atoms with van der Waals surface area (Å²) in [5.74, 6) is 0.122. The molecule has 0 aliphatic heterocycles. The fourth-order valence-electron chi connectivity index (χ4n) is 1.98. The average molecular weight is 397 g/mol. The number of nitrogens with zero attached hydrogens (tertiary/aromatic N) is 1. The first kappa shape index (κ1) is 15.4. The molecule has 0 aliphatic rings. The van der Waals surface area contributed by atoms with Crippen molar-refractivity contribution in [1.29, 1.82) is 0 Å². The molecule has 0 bridgehead atoms. The molecule has 0 aromatic heterocycles. The van der Waals surface area contributed by atoms with Crippen LogP contribution in [0.4, 0.5) is 0 Å². The molecule has 0 N–H and O–H groups in total. The molecule has 2 aromatic rings. The summed E-state index contributed by atoms with van der Waals surface area (Å²) >= 11 is 6.83. The van der Waals surface area contributed by atoms with E-state index in [1.807, 2.05) is 48.3 Å². The van der Waals surface area contributed by atoms with E-state index in [1.54, 1.807) is 0 Å². The van der Waals surface area contributed by atoms with E-state index in [-0.39, 0.29) is 5.78 Å². The largest absolute Gasteiger partial charge is 0.295 e. The third-order valence-electron chi connectivity index (χ3n) is 2.95. The van der Waals surface area contributed by atoms with Crippen molar-refractivity contribution in [3.05, 3.63) is 68.6 Å². The van der Waals surface area contributed by atoms with E-state index in [4.69, 9.17) is 0 Å². The molecule has 0 spiro atoms. The van der Waals surface area contributed by atoms with Crippen LogP contribution in [0.25, 0.3) is 0 Å². The minimum atomic E-state index is 0.122. The smallest absolute Gasteiger partial charge is 0.177 e. The molecule has 0 aliphatic carbocycles. The van der Waals surface area contributed by atoms with Crippen LogP contribution < -0.4 is 0 Å². The fourth-order valence-corrected chi connectivity index (χ4v) is 2.75. The molecule has 0 heterocycles. The van der Waals surface area contributed by atoms with Gasteiger partial charge < -0.3 is 0 Å². The van der Waals surface area contributed by atoms with Crippen molar-refractivity contribution in [2.75, 3.05) is 13.6 Å². The van der Waals surface area contributed by atoms with Crippen molar-refractivity contribution in [2.45, 2.75) is 6.54 Å². The Morgan fingerprint density at radius 3 is 2.35 bits per heavy atom. The quantitative estimate of drug-likeness (QED) is 0.692. The molecule has 20 heavy (non-hydrogen) atoms. The van der Waals surface area contributed by atoms with Crippen LogP contribution in [0.5, 0.6) is 0 Å². The molecule has 0 radical (unpaired) electrons. The molecule has 0 amide bonds. The van der Waals surface area contributed by atoms with Gasteiger partial charge in [-0.2, -0.15) is 0 Å². The minimum absolute atomic E-state index is 0.122. The molecule has 2 rings (SSSR count). The third kappa shape index (κ3) is 4.27. The first-order valence-corrected chi connectivity index (χ1v) is 7.85. The molecule has 0 atom stereocenters. The third-order valence-corrected chi connectivity index (χ3v) is 4.17. The first-order valence-electron chi connectivity index (χ1n) is 6.27. The Hall–Kier alpha value is -0.970. The normalized spacial score (nSPS) is 10.8. The van der Waals surface area contributed by atoms with Crippen molar-refractivity contribution in [1.82, 2.24) is 4.90 Å². The fraction of sp³-hybridized carbons (Fsp3) is 0.188. The lowest BCUT2D eigenvalue weighted by Gasteiger charge is -2.16. The Labute approximate surface area is 136 Å². The van der Waals surface area contributed by atoms with Crippen LogP contribution in [0, 0.1) is 0 Å². The second kappa shape index (κ2) is 7.16. The van der Waals surface area contributed by atoms with Crippen LogP contribution >= 0.6 is 31.9 Å². The lowest BCUT2D eigenvalue weighted by molar-refractivity contribution is 0.0942. The first-order chi connectivity index (χ1) is 9.56. The number of ketones is 1. The van der Waals surface area contributed by atoms with Gasteiger partial charge in [-0.1, -0.05) is 62.2 Å². The van der Waals surface area contributed by atoms with E-state index in [0.29, 0.717) is 6.54 Å². The van der Waals surface area contributed by atoms with Gasteiger partial charge in [-0.05, 0) is 30.8 Å². The summed E-state index contributed by atoms with van der Waals surface area (Å²) in [6.45, 7) is 1.15. The monoisotopic (exact) mass is 395 g/mol. The highest BCUT2D eigenvalue weighted by Crippen LogP contribution is 2.17. The molecule has 0 fully saturated rings. The maximum Gasteiger partial charge on any atom is 0.177 e. The van der Waals surface area contributed by atoms with E-state index in [2.05, 4.69) is 44.0 Å². The Bertz CT molecular complexity index is 596. The molecule has 2 aromatic carbocycles. The molecular weight excluding hydrogens is 382 g/mol. The lowest BCUT2D eigenvalue weighted by Crippen LogP contribution is -2.25. The number of Topliss-reactive ketones (excluding diaryl/α,β-unsaturated/α-hetero) is 1. The SMILES string of the molecule is CN(CC(=O)c1ccccc1Br)Cc1ccc(Br)cc1. The van der Waals surface area contributed by atoms with Crippen molar-refractivity contribution in [3.63, 3.8) is 0 Å². The molecule has 4 heteroatoms. The Morgan fingerprint density at radius 2 is 1.70 bits per heavy atom. The summed E-state index contributed by atoms with van der Waals surface area (Å²) < 4.78 is 1.91. The van der Waals surface area contributed by atoms with Gasteiger partial charge in [0.1, 0.15) is 0 Å². The zero-order chi connectivity index (χ0) is 14.5. The number of hydrogen-bond acceptors (Lipinski definition) is 2. The standard InChI is InChI=1S/C16H15Br2NO/c1-19(10-12-6-8-13(17)9-7-12)11-16(20)14-4-2-3-5-15(14)18/h2-9H,10-11H2,1H3. The van der Waals surface area contributed by atoms with E-state index in [1.165, 1.54) is 5.56 Å². The molecule has 2 nitrogen and oxygen atoms in total. The van der Waals surface area contributed by atoms with Crippen LogP contribution in [-0.2, 0) is 6.54 Å². The highest BCUT2D eigenvalue weighted by atomic mass is 79.9. The molecule has 104 valence electrons. The maximum atomic E-state index is 12.2. The zero-order valence-electron chi connectivity index (χ0n) is 11.1. The highest BCUT2D eigenvalue weighted by Gasteiger charge is 2.12. The van der Waals surface area contributed by atoms with Gasteiger partial charge in [-0.25, -0.2) is 0 Å². The highest BCUT2D eigenvalue weighted by molar-refractivity contribution is 9.10. The summed E-state index contributed by atoms with van der Waals surface area (Å²) in [6.07, 6.45) is 0. The molecule has 0 saturated heterocycles. The minimum Gasteiger partial charge on any atom is -0.295 e. The average Bonchev–Trinajstić information content (AvgIpc) is 2.41. The van der Waals surface area contributed by atoms with Crippen molar-refractivity contribution in [3.8, 4) is 0 Å². The van der Waals surface area contributed by atoms with Crippen molar-refractivity contribution >= 4 is 37.6 Å². The van der Waals surface area contributed by atoms with Crippen molar-refractivity contribution in [2.24, 2.45) is 0 Å². The number of rotatable bonds is 5. The number of carbonyl (C=O) groups excluding carboxylic acids is 1. The van der Waals surface area contributed by atoms with Gasteiger partial charge in [0.05, 0.1) is 6.54 Å². The van der Waals surface area contributed by atoms with Crippen LogP contribution in [-0.4, -0.2) is 24.3 Å². The van der Waals surface area contributed by atoms with Gasteiger partial charge in [-0.3, -0.25) is 9.69 Å². The summed E-state index contributed by atoms with van der Waals surface area (Å²) in [5.41, 5.74) is 1.92. The number of hydrogen-bond donors (Lipinski definition) is 0. The van der Waals surface area contributed by atoms with Crippen LogP contribution in [0.3, 0.4) is 0 Å². The van der Waals surface area contributed by atoms with Gasteiger partial charge >= 0.3 is 0 Å². The molecule has 0 saturated carbocycles. The Kier molecular flexibility index (Phi) is 5.52. The van der Waals surface area contributed by atoms with E-state index in [0.717, 1.165) is 21.1 Å². The predicted octanol–water partition coefficient (Wildman–Crippen LogP) is 4.53. The zero-order valence-corrected chi connectivity index (χ0v) is 14.3. The van der Waals surface area contributed by atoms with Crippen LogP contribution in [0.15, 0.2) is 57.5 Å². The maximum absolute atomic E-state index is 12.2. The number of carbonyl (C=O) groups is 1. The van der Waals surface area contributed by atoms with E-state index >= 15 is 0 Å². The van der Waals surface area contributed by atoms with Crippen LogP contribution in [0.2, 0.25) is 0 Å². The summed E-state index contributed by atoms with van der Waals surface area (Å²) in [4.78, 5) is 14.3.